The van der Waals surface area contributed by atoms with Crippen molar-refractivity contribution < 1.29 is 24.2 Å². The van der Waals surface area contributed by atoms with Crippen LogP contribution in [0.5, 0.6) is 0 Å². The minimum Gasteiger partial charge on any atom is -0.481 e. The second kappa shape index (κ2) is 8.78. The van der Waals surface area contributed by atoms with Gasteiger partial charge in [-0.3, -0.25) is 9.59 Å². The fourth-order valence-corrected chi connectivity index (χ4v) is 6.07. The summed E-state index contributed by atoms with van der Waals surface area (Å²) in [5, 5.41) is 11.8. The van der Waals surface area contributed by atoms with Gasteiger partial charge in [0.15, 0.2) is 0 Å². The molecule has 2 aromatic rings. The van der Waals surface area contributed by atoms with Crippen molar-refractivity contribution in [2.24, 2.45) is 5.92 Å². The van der Waals surface area contributed by atoms with E-state index in [2.05, 4.69) is 24.4 Å². The standard InChI is InChI=1S/C27H30N2O5/c1-27-13-12-17(14-27)15-29(27)25(32)23(10-11-24(30)31)28-26(33)34-16-22-20-8-4-2-6-18(20)19-7-3-5-9-21(19)22/h2-9,17,22-23H,10-16H2,1H3,(H,28,33)(H,30,31). The predicted molar refractivity (Wildman–Crippen MR) is 126 cm³/mol. The number of nitrogens with one attached hydrogen (secondary N) is 1. The number of likely N-dealkylation sites (tertiary alicyclic amines) is 1. The molecule has 1 heterocycles. The van der Waals surface area contributed by atoms with Gasteiger partial charge in [0.25, 0.3) is 0 Å². The van der Waals surface area contributed by atoms with E-state index < -0.39 is 18.1 Å². The second-order valence-corrected chi connectivity index (χ2v) is 10.0. The number of fused-ring (bicyclic) bond motifs is 5. The first-order valence-electron chi connectivity index (χ1n) is 12.0. The van der Waals surface area contributed by atoms with Crippen LogP contribution in [0.15, 0.2) is 48.5 Å². The Labute approximate surface area is 199 Å². The lowest BCUT2D eigenvalue weighted by molar-refractivity contribution is -0.139. The average Bonchev–Trinajstić information content (AvgIpc) is 3.47. The molecule has 2 amide bonds. The Balaban J connectivity index is 1.27. The van der Waals surface area contributed by atoms with Crippen LogP contribution in [0.2, 0.25) is 0 Å². The van der Waals surface area contributed by atoms with E-state index in [1.54, 1.807) is 0 Å². The fourth-order valence-electron chi connectivity index (χ4n) is 6.07. The topological polar surface area (TPSA) is 95.9 Å². The van der Waals surface area contributed by atoms with E-state index >= 15 is 0 Å². The molecule has 3 unspecified atom stereocenters. The molecular formula is C27H30N2O5. The number of alkyl carbamates (subject to hydrolysis) is 1. The average molecular weight is 463 g/mol. The van der Waals surface area contributed by atoms with Gasteiger partial charge in [-0.15, -0.1) is 0 Å². The van der Waals surface area contributed by atoms with Gasteiger partial charge in [0.2, 0.25) is 5.91 Å². The third-order valence-corrected chi connectivity index (χ3v) is 7.76. The Morgan fingerprint density at radius 3 is 2.32 bits per heavy atom. The number of amides is 2. The van der Waals surface area contributed by atoms with E-state index in [0.29, 0.717) is 12.5 Å². The summed E-state index contributed by atoms with van der Waals surface area (Å²) >= 11 is 0. The Morgan fingerprint density at radius 2 is 1.76 bits per heavy atom. The van der Waals surface area contributed by atoms with Crippen molar-refractivity contribution in [1.82, 2.24) is 10.2 Å². The maximum absolute atomic E-state index is 13.3. The summed E-state index contributed by atoms with van der Waals surface area (Å²) in [6, 6.07) is 15.3. The Hall–Kier alpha value is -3.35. The Kier molecular flexibility index (Phi) is 5.80. The molecule has 7 nitrogen and oxygen atoms in total. The maximum Gasteiger partial charge on any atom is 0.407 e. The molecule has 3 atom stereocenters. The van der Waals surface area contributed by atoms with Crippen LogP contribution in [0, 0.1) is 5.92 Å². The number of piperidine rings is 1. The summed E-state index contributed by atoms with van der Waals surface area (Å²) in [5.41, 5.74) is 4.29. The van der Waals surface area contributed by atoms with Crippen LogP contribution >= 0.6 is 0 Å². The van der Waals surface area contributed by atoms with Gasteiger partial charge in [0.05, 0.1) is 0 Å². The highest BCUT2D eigenvalue weighted by Gasteiger charge is 2.50. The smallest absolute Gasteiger partial charge is 0.407 e. The molecule has 34 heavy (non-hydrogen) atoms. The van der Waals surface area contributed by atoms with Crippen LogP contribution in [0.1, 0.15) is 56.1 Å². The van der Waals surface area contributed by atoms with Crippen molar-refractivity contribution in [2.75, 3.05) is 13.2 Å². The molecule has 0 spiro atoms. The predicted octanol–water partition coefficient (Wildman–Crippen LogP) is 4.16. The van der Waals surface area contributed by atoms with Crippen molar-refractivity contribution in [2.45, 2.75) is 56.5 Å². The number of benzene rings is 2. The maximum atomic E-state index is 13.3. The van der Waals surface area contributed by atoms with Gasteiger partial charge < -0.3 is 20.1 Å². The molecule has 2 N–H and O–H groups in total. The van der Waals surface area contributed by atoms with Gasteiger partial charge in [-0.25, -0.2) is 4.79 Å². The lowest BCUT2D eigenvalue weighted by Crippen LogP contribution is -2.55. The number of carboxylic acid groups (broad SMARTS) is 1. The highest BCUT2D eigenvalue weighted by molar-refractivity contribution is 5.87. The van der Waals surface area contributed by atoms with E-state index in [1.807, 2.05) is 41.3 Å². The lowest BCUT2D eigenvalue weighted by Gasteiger charge is -2.38. The number of carbonyl (C=O) groups is 3. The second-order valence-electron chi connectivity index (χ2n) is 10.0. The summed E-state index contributed by atoms with van der Waals surface area (Å²) in [7, 11) is 0. The number of carboxylic acids is 1. The summed E-state index contributed by atoms with van der Waals surface area (Å²) < 4.78 is 5.61. The largest absolute Gasteiger partial charge is 0.481 e. The quantitative estimate of drug-likeness (QED) is 0.644. The zero-order chi connectivity index (χ0) is 23.9. The summed E-state index contributed by atoms with van der Waals surface area (Å²) in [5.74, 6) is -0.802. The van der Waals surface area contributed by atoms with E-state index in [-0.39, 0.29) is 36.8 Å². The van der Waals surface area contributed by atoms with Crippen LogP contribution in [-0.2, 0) is 14.3 Å². The van der Waals surface area contributed by atoms with Crippen molar-refractivity contribution in [1.29, 1.82) is 0 Å². The summed E-state index contributed by atoms with van der Waals surface area (Å²) in [4.78, 5) is 39.2. The molecule has 0 radical (unpaired) electrons. The van der Waals surface area contributed by atoms with Crippen LogP contribution in [0.25, 0.3) is 11.1 Å². The first kappa shape index (κ1) is 22.4. The normalized spacial score (nSPS) is 23.3. The molecule has 5 rings (SSSR count). The third-order valence-electron chi connectivity index (χ3n) is 7.76. The van der Waals surface area contributed by atoms with Gasteiger partial charge in [0.1, 0.15) is 12.6 Å². The van der Waals surface area contributed by atoms with Crippen molar-refractivity contribution in [3.05, 3.63) is 59.7 Å². The van der Waals surface area contributed by atoms with E-state index in [4.69, 9.17) is 9.84 Å². The van der Waals surface area contributed by atoms with E-state index in [1.165, 1.54) is 0 Å². The molecule has 1 saturated carbocycles. The highest BCUT2D eigenvalue weighted by atomic mass is 16.5. The molecule has 178 valence electrons. The van der Waals surface area contributed by atoms with Crippen molar-refractivity contribution in [3.8, 4) is 11.1 Å². The Bertz CT molecular complexity index is 1090. The van der Waals surface area contributed by atoms with Crippen LogP contribution in [-0.4, -0.2) is 52.7 Å². The molecule has 2 fully saturated rings. The molecule has 2 bridgehead atoms. The third kappa shape index (κ3) is 4.04. The highest BCUT2D eigenvalue weighted by Crippen LogP contribution is 2.46. The molecule has 1 aliphatic heterocycles. The van der Waals surface area contributed by atoms with Gasteiger partial charge in [-0.2, -0.15) is 0 Å². The molecule has 0 aromatic heterocycles. The van der Waals surface area contributed by atoms with Gasteiger partial charge in [-0.1, -0.05) is 48.5 Å². The number of aliphatic carboxylic acids is 1. The number of hydrogen-bond acceptors (Lipinski definition) is 4. The number of nitrogens with zero attached hydrogens (tertiary/aromatic N) is 1. The SMILES string of the molecule is CC12CCC(CN1C(=O)C(CCC(=O)O)NC(=O)OCC1c3ccccc3-c3ccccc31)C2. The van der Waals surface area contributed by atoms with Gasteiger partial charge in [0, 0.05) is 24.4 Å². The minimum atomic E-state index is -0.999. The van der Waals surface area contributed by atoms with E-state index in [0.717, 1.165) is 41.5 Å². The monoisotopic (exact) mass is 462 g/mol. The fraction of sp³-hybridized carbons (Fsp3) is 0.444. The molecule has 7 heteroatoms. The van der Waals surface area contributed by atoms with E-state index in [9.17, 15) is 14.4 Å². The molecular weight excluding hydrogens is 432 g/mol. The zero-order valence-electron chi connectivity index (χ0n) is 19.3. The van der Waals surface area contributed by atoms with Gasteiger partial charge >= 0.3 is 12.1 Å². The number of hydrogen-bond donors (Lipinski definition) is 2. The number of ether oxygens (including phenoxy) is 1. The number of rotatable bonds is 7. The summed E-state index contributed by atoms with van der Waals surface area (Å²) in [6.07, 6.45) is 2.17. The lowest BCUT2D eigenvalue weighted by atomic mass is 9.98. The van der Waals surface area contributed by atoms with Crippen LogP contribution in [0.3, 0.4) is 0 Å². The van der Waals surface area contributed by atoms with Crippen LogP contribution in [0.4, 0.5) is 4.79 Å². The molecule has 1 saturated heterocycles. The van der Waals surface area contributed by atoms with Crippen molar-refractivity contribution >= 4 is 18.0 Å². The minimum absolute atomic E-state index is 0.0373. The first-order chi connectivity index (χ1) is 16.4. The zero-order valence-corrected chi connectivity index (χ0v) is 19.3. The number of carbonyl (C=O) groups excluding carboxylic acids is 2. The summed E-state index contributed by atoms with van der Waals surface area (Å²) in [6.45, 7) is 2.90. The Morgan fingerprint density at radius 1 is 1.12 bits per heavy atom. The molecule has 2 aromatic carbocycles. The molecule has 3 aliphatic rings. The van der Waals surface area contributed by atoms with Gasteiger partial charge in [-0.05, 0) is 60.8 Å². The van der Waals surface area contributed by atoms with Crippen molar-refractivity contribution in [3.63, 3.8) is 0 Å². The molecule has 2 aliphatic carbocycles. The van der Waals surface area contributed by atoms with Crippen LogP contribution < -0.4 is 5.32 Å². The first-order valence-corrected chi connectivity index (χ1v) is 12.0.